The first-order valence-corrected chi connectivity index (χ1v) is 10.3. The predicted molar refractivity (Wildman–Crippen MR) is 109 cm³/mol. The number of fused-ring (bicyclic) bond motifs is 1. The minimum atomic E-state index is -0.176. The second-order valence-electron chi connectivity index (χ2n) is 9.15. The fourth-order valence-corrected chi connectivity index (χ4v) is 4.31. The molecule has 1 saturated carbocycles. The van der Waals surface area contributed by atoms with Crippen molar-refractivity contribution in [2.24, 2.45) is 5.41 Å². The molecule has 150 valence electrons. The third-order valence-electron chi connectivity index (χ3n) is 5.98. The monoisotopic (exact) mass is 390 g/mol. The maximum Gasteiger partial charge on any atom is 0.273 e. The van der Waals surface area contributed by atoms with Gasteiger partial charge in [-0.3, -0.25) is 9.48 Å². The summed E-state index contributed by atoms with van der Waals surface area (Å²) in [5.41, 5.74) is 3.97. The molecule has 2 heterocycles. The van der Waals surface area contributed by atoms with Crippen LogP contribution < -0.4 is 5.32 Å². The van der Waals surface area contributed by atoms with E-state index < -0.39 is 0 Å². The van der Waals surface area contributed by atoms with Crippen LogP contribution in [0.15, 0.2) is 47.1 Å². The van der Waals surface area contributed by atoms with Crippen molar-refractivity contribution in [3.8, 4) is 0 Å². The minimum absolute atomic E-state index is 0.0718. The number of rotatable bonds is 5. The second kappa shape index (κ2) is 6.87. The van der Waals surface area contributed by atoms with Gasteiger partial charge in [0.2, 0.25) is 0 Å². The van der Waals surface area contributed by atoms with E-state index in [9.17, 15) is 4.79 Å². The van der Waals surface area contributed by atoms with Crippen molar-refractivity contribution >= 4 is 5.91 Å². The molecule has 6 nitrogen and oxygen atoms in total. The number of nitrogens with one attached hydrogen (secondary N) is 1. The van der Waals surface area contributed by atoms with Crippen LogP contribution in [0, 0.1) is 5.41 Å². The Labute approximate surface area is 170 Å². The van der Waals surface area contributed by atoms with Crippen LogP contribution in [0.4, 0.5) is 0 Å². The molecule has 0 spiro atoms. The van der Waals surface area contributed by atoms with Gasteiger partial charge in [0, 0.05) is 23.2 Å². The molecule has 2 aliphatic carbocycles. The second-order valence-corrected chi connectivity index (χ2v) is 9.15. The van der Waals surface area contributed by atoms with E-state index in [2.05, 4.69) is 46.2 Å². The zero-order valence-corrected chi connectivity index (χ0v) is 16.9. The highest BCUT2D eigenvalue weighted by Gasteiger charge is 2.36. The normalized spacial score (nSPS) is 20.3. The Kier molecular flexibility index (Phi) is 4.30. The average molecular weight is 390 g/mol. The quantitative estimate of drug-likeness (QED) is 0.707. The molecular formula is C23H26N4O2. The standard InChI is InChI=1S/C23H26N4O2/c1-23(2)11-19(25-22(28)18-10-21(29-26-18)16-8-9-16)17-13-24-27(20(17)12-23)14-15-6-4-3-5-7-15/h3-7,10,13,16,19H,8-9,11-12,14H2,1-2H3,(H,25,28)/t19-/m0/s1. The Hall–Kier alpha value is -2.89. The largest absolute Gasteiger partial charge is 0.360 e. The molecule has 1 N–H and O–H groups in total. The van der Waals surface area contributed by atoms with Gasteiger partial charge in [-0.25, -0.2) is 0 Å². The summed E-state index contributed by atoms with van der Waals surface area (Å²) in [5.74, 6) is 1.10. The Morgan fingerprint density at radius 3 is 2.83 bits per heavy atom. The lowest BCUT2D eigenvalue weighted by molar-refractivity contribution is 0.0909. The van der Waals surface area contributed by atoms with Crippen molar-refractivity contribution in [2.45, 2.75) is 58.0 Å². The van der Waals surface area contributed by atoms with Crippen molar-refractivity contribution in [1.29, 1.82) is 0 Å². The van der Waals surface area contributed by atoms with Crippen LogP contribution in [0.2, 0.25) is 0 Å². The van der Waals surface area contributed by atoms with E-state index >= 15 is 0 Å². The third-order valence-corrected chi connectivity index (χ3v) is 5.98. The summed E-state index contributed by atoms with van der Waals surface area (Å²) in [5, 5.41) is 11.8. The topological polar surface area (TPSA) is 73.0 Å². The molecule has 6 heteroatoms. The zero-order valence-electron chi connectivity index (χ0n) is 16.9. The molecular weight excluding hydrogens is 364 g/mol. The fourth-order valence-electron chi connectivity index (χ4n) is 4.31. The van der Waals surface area contributed by atoms with Gasteiger partial charge in [0.1, 0.15) is 5.76 Å². The SMILES string of the molecule is CC1(C)Cc2c(cnn2Cc2ccccc2)[C@@H](NC(=O)c2cc(C3CC3)on2)C1. The molecule has 0 unspecified atom stereocenters. The van der Waals surface area contributed by atoms with Gasteiger partial charge in [0.25, 0.3) is 5.91 Å². The predicted octanol–water partition coefficient (Wildman–Crippen LogP) is 4.24. The van der Waals surface area contributed by atoms with Crippen LogP contribution in [-0.2, 0) is 13.0 Å². The summed E-state index contributed by atoms with van der Waals surface area (Å²) in [6, 6.07) is 12.1. The van der Waals surface area contributed by atoms with Gasteiger partial charge in [-0.2, -0.15) is 5.10 Å². The molecule has 0 aliphatic heterocycles. The Bertz CT molecular complexity index is 1030. The smallest absolute Gasteiger partial charge is 0.273 e. The molecule has 1 amide bonds. The van der Waals surface area contributed by atoms with Crippen LogP contribution in [0.5, 0.6) is 0 Å². The number of amides is 1. The van der Waals surface area contributed by atoms with Crippen LogP contribution in [-0.4, -0.2) is 20.8 Å². The van der Waals surface area contributed by atoms with E-state index in [1.807, 2.05) is 24.4 Å². The van der Waals surface area contributed by atoms with Gasteiger partial charge < -0.3 is 9.84 Å². The lowest BCUT2D eigenvalue weighted by Crippen LogP contribution is -2.37. The first-order valence-electron chi connectivity index (χ1n) is 10.3. The number of carbonyl (C=O) groups excluding carboxylic acids is 1. The molecule has 1 fully saturated rings. The maximum atomic E-state index is 12.8. The van der Waals surface area contributed by atoms with Crippen molar-refractivity contribution in [1.82, 2.24) is 20.3 Å². The van der Waals surface area contributed by atoms with E-state index in [-0.39, 0.29) is 17.4 Å². The molecule has 0 saturated heterocycles. The highest BCUT2D eigenvalue weighted by Crippen LogP contribution is 2.42. The molecule has 0 bridgehead atoms. The third kappa shape index (κ3) is 3.71. The van der Waals surface area contributed by atoms with E-state index in [1.165, 1.54) is 11.3 Å². The van der Waals surface area contributed by atoms with Gasteiger partial charge in [-0.1, -0.05) is 49.3 Å². The summed E-state index contributed by atoms with van der Waals surface area (Å²) >= 11 is 0. The molecule has 3 aromatic rings. The lowest BCUT2D eigenvalue weighted by Gasteiger charge is -2.35. The molecule has 5 rings (SSSR count). The van der Waals surface area contributed by atoms with E-state index in [0.717, 1.165) is 43.6 Å². The Morgan fingerprint density at radius 1 is 1.28 bits per heavy atom. The Balaban J connectivity index is 1.39. The Morgan fingerprint density at radius 2 is 2.07 bits per heavy atom. The number of hydrogen-bond donors (Lipinski definition) is 1. The maximum absolute atomic E-state index is 12.8. The molecule has 0 radical (unpaired) electrons. The summed E-state index contributed by atoms with van der Waals surface area (Å²) < 4.78 is 7.43. The van der Waals surface area contributed by atoms with E-state index in [1.54, 1.807) is 6.07 Å². The number of nitrogens with zero attached hydrogens (tertiary/aromatic N) is 3. The van der Waals surface area contributed by atoms with Crippen LogP contribution >= 0.6 is 0 Å². The number of carbonyl (C=O) groups is 1. The van der Waals surface area contributed by atoms with Crippen molar-refractivity contribution in [2.75, 3.05) is 0 Å². The van der Waals surface area contributed by atoms with Crippen molar-refractivity contribution in [3.05, 3.63) is 70.9 Å². The molecule has 1 aromatic carbocycles. The number of aromatic nitrogens is 3. The molecule has 29 heavy (non-hydrogen) atoms. The minimum Gasteiger partial charge on any atom is -0.360 e. The number of benzene rings is 1. The van der Waals surface area contributed by atoms with E-state index in [0.29, 0.717) is 11.6 Å². The van der Waals surface area contributed by atoms with Gasteiger partial charge >= 0.3 is 0 Å². The van der Waals surface area contributed by atoms with Crippen LogP contribution in [0.1, 0.15) is 78.1 Å². The molecule has 2 aliphatic rings. The van der Waals surface area contributed by atoms with Gasteiger partial charge in [-0.15, -0.1) is 0 Å². The van der Waals surface area contributed by atoms with Gasteiger partial charge in [0.05, 0.1) is 18.8 Å². The lowest BCUT2D eigenvalue weighted by atomic mass is 9.74. The summed E-state index contributed by atoms with van der Waals surface area (Å²) in [6.07, 6.45) is 5.97. The summed E-state index contributed by atoms with van der Waals surface area (Å²) in [7, 11) is 0. The van der Waals surface area contributed by atoms with Gasteiger partial charge in [0.15, 0.2) is 5.69 Å². The summed E-state index contributed by atoms with van der Waals surface area (Å²) in [6.45, 7) is 5.23. The van der Waals surface area contributed by atoms with Crippen LogP contribution in [0.3, 0.4) is 0 Å². The van der Waals surface area contributed by atoms with Crippen molar-refractivity contribution < 1.29 is 9.32 Å². The first-order chi connectivity index (χ1) is 14.0. The van der Waals surface area contributed by atoms with Crippen LogP contribution in [0.25, 0.3) is 0 Å². The summed E-state index contributed by atoms with van der Waals surface area (Å²) in [4.78, 5) is 12.8. The fraction of sp³-hybridized carbons (Fsp3) is 0.435. The highest BCUT2D eigenvalue weighted by atomic mass is 16.5. The number of hydrogen-bond acceptors (Lipinski definition) is 4. The molecule has 1 atom stereocenters. The average Bonchev–Trinajstić information content (AvgIpc) is 3.29. The molecule has 2 aromatic heterocycles. The van der Waals surface area contributed by atoms with Gasteiger partial charge in [-0.05, 0) is 36.7 Å². The first kappa shape index (κ1) is 18.2. The van der Waals surface area contributed by atoms with E-state index in [4.69, 9.17) is 4.52 Å². The zero-order chi connectivity index (χ0) is 20.0. The van der Waals surface area contributed by atoms with Crippen molar-refractivity contribution in [3.63, 3.8) is 0 Å². The highest BCUT2D eigenvalue weighted by molar-refractivity contribution is 5.92.